The Morgan fingerprint density at radius 3 is 1.74 bits per heavy atom. The topological polar surface area (TPSA) is 58.9 Å². The Morgan fingerprint density at radius 2 is 1.26 bits per heavy atom. The van der Waals surface area contributed by atoms with Gasteiger partial charge in [0.05, 0.1) is 26.4 Å². The van der Waals surface area contributed by atoms with Crippen LogP contribution in [0.5, 0.6) is 0 Å². The molecule has 5 heteroatoms. The zero-order valence-corrected chi connectivity index (χ0v) is 17.4. The van der Waals surface area contributed by atoms with Crippen LogP contribution in [0.1, 0.15) is 26.7 Å². The van der Waals surface area contributed by atoms with E-state index in [4.69, 9.17) is 14.6 Å². The van der Waals surface area contributed by atoms with Gasteiger partial charge >= 0.3 is 0 Å². The molecule has 0 aromatic heterocycles. The van der Waals surface area contributed by atoms with Gasteiger partial charge in [0.2, 0.25) is 0 Å². The summed E-state index contributed by atoms with van der Waals surface area (Å²) in [5.74, 6) is 0. The summed E-state index contributed by atoms with van der Waals surface area (Å²) < 4.78 is 10.8. The monoisotopic (exact) mass is 388 g/mol. The van der Waals surface area contributed by atoms with Crippen LogP contribution in [0, 0.1) is 0 Å². The van der Waals surface area contributed by atoms with E-state index in [9.17, 15) is 4.80 Å². The highest BCUT2D eigenvalue weighted by atomic mass is 28.4. The van der Waals surface area contributed by atoms with Gasteiger partial charge < -0.3 is 19.4 Å². The predicted molar refractivity (Wildman–Crippen MR) is 112 cm³/mol. The van der Waals surface area contributed by atoms with Gasteiger partial charge in [-0.3, -0.25) is 0 Å². The van der Waals surface area contributed by atoms with Gasteiger partial charge in [-0.05, 0) is 28.3 Å². The molecule has 0 fully saturated rings. The molecule has 2 N–H and O–H groups in total. The van der Waals surface area contributed by atoms with Gasteiger partial charge in [-0.25, -0.2) is 0 Å². The number of ether oxygens (including phenoxy) is 2. The molecule has 0 unspecified atom stereocenters. The summed E-state index contributed by atoms with van der Waals surface area (Å²) in [6, 6.07) is 20.2. The molecule has 0 saturated heterocycles. The van der Waals surface area contributed by atoms with Crippen molar-refractivity contribution in [3.05, 3.63) is 60.7 Å². The van der Waals surface area contributed by atoms with Crippen molar-refractivity contribution >= 4 is 18.7 Å². The van der Waals surface area contributed by atoms with E-state index >= 15 is 0 Å². The second-order valence-corrected chi connectivity index (χ2v) is 11.3. The van der Waals surface area contributed by atoms with Crippen molar-refractivity contribution in [1.29, 1.82) is 0 Å². The maximum atomic E-state index is 12.0. The Morgan fingerprint density at radius 1 is 0.778 bits per heavy atom. The summed E-state index contributed by atoms with van der Waals surface area (Å²) in [5, 5.41) is 10.5. The van der Waals surface area contributed by atoms with Gasteiger partial charge in [0.1, 0.15) is 0 Å². The van der Waals surface area contributed by atoms with Crippen LogP contribution in [-0.2, 0) is 9.47 Å². The number of hydrogen-bond donors (Lipinski definition) is 2. The number of rotatable bonds is 12. The van der Waals surface area contributed by atoms with Crippen LogP contribution in [0.4, 0.5) is 0 Å². The second kappa shape index (κ2) is 10.7. The first-order valence-electron chi connectivity index (χ1n) is 9.62. The molecule has 0 amide bonds. The summed E-state index contributed by atoms with van der Waals surface area (Å²) in [7, 11) is -2.92. The molecular weight excluding hydrogens is 356 g/mol. The number of benzene rings is 2. The van der Waals surface area contributed by atoms with Crippen molar-refractivity contribution in [3.8, 4) is 0 Å². The van der Waals surface area contributed by atoms with Crippen LogP contribution >= 0.6 is 0 Å². The molecule has 0 spiro atoms. The normalized spacial score (nSPS) is 12.3. The lowest BCUT2D eigenvalue weighted by Crippen LogP contribution is -2.65. The fourth-order valence-electron chi connectivity index (χ4n) is 3.49. The summed E-state index contributed by atoms with van der Waals surface area (Å²) >= 11 is 0. The minimum atomic E-state index is -2.92. The third-order valence-electron chi connectivity index (χ3n) is 5.06. The Hall–Kier alpha value is -1.50. The molecule has 0 bridgehead atoms. The summed E-state index contributed by atoms with van der Waals surface area (Å²) in [5.41, 5.74) is 0. The molecule has 0 aliphatic heterocycles. The zero-order chi connectivity index (χ0) is 19.6. The van der Waals surface area contributed by atoms with Crippen LogP contribution < -0.4 is 10.4 Å². The van der Waals surface area contributed by atoms with Crippen molar-refractivity contribution in [2.75, 3.05) is 33.0 Å². The lowest BCUT2D eigenvalue weighted by Gasteiger charge is -2.41. The number of aliphatic hydroxyl groups is 1. The van der Waals surface area contributed by atoms with Crippen molar-refractivity contribution in [1.82, 2.24) is 0 Å². The molecule has 27 heavy (non-hydrogen) atoms. The van der Waals surface area contributed by atoms with E-state index in [1.165, 1.54) is 0 Å². The van der Waals surface area contributed by atoms with Gasteiger partial charge in [-0.15, -0.1) is 0 Å². The first-order chi connectivity index (χ1) is 13.0. The third kappa shape index (κ3) is 5.73. The zero-order valence-electron chi connectivity index (χ0n) is 16.4. The number of hydrogen-bond acceptors (Lipinski definition) is 4. The fourth-order valence-corrected chi connectivity index (χ4v) is 7.28. The maximum Gasteiger partial charge on any atom is 0.258 e. The maximum absolute atomic E-state index is 12.0. The lowest BCUT2D eigenvalue weighted by atomic mass is 10.1. The average molecular weight is 389 g/mol. The van der Waals surface area contributed by atoms with E-state index in [1.807, 2.05) is 36.4 Å². The van der Waals surface area contributed by atoms with E-state index in [2.05, 4.69) is 38.1 Å². The van der Waals surface area contributed by atoms with Crippen LogP contribution in [0.15, 0.2) is 60.7 Å². The van der Waals surface area contributed by atoms with E-state index in [0.29, 0.717) is 26.4 Å². The first kappa shape index (κ1) is 21.8. The van der Waals surface area contributed by atoms with Gasteiger partial charge in [0.15, 0.2) is 0 Å². The highest BCUT2D eigenvalue weighted by Crippen LogP contribution is 2.39. The quantitative estimate of drug-likeness (QED) is 0.433. The largest absolute Gasteiger partial charge is 0.424 e. The van der Waals surface area contributed by atoms with Gasteiger partial charge in [0.25, 0.3) is 8.32 Å². The van der Waals surface area contributed by atoms with E-state index in [-0.39, 0.29) is 11.6 Å². The molecule has 4 nitrogen and oxygen atoms in total. The van der Waals surface area contributed by atoms with Gasteiger partial charge in [-0.1, -0.05) is 74.5 Å². The van der Waals surface area contributed by atoms with E-state index in [0.717, 1.165) is 23.2 Å². The molecule has 0 saturated carbocycles. The van der Waals surface area contributed by atoms with Crippen molar-refractivity contribution in [2.24, 2.45) is 0 Å². The minimum absolute atomic E-state index is 0.0381. The molecule has 2 aromatic carbocycles. The summed E-state index contributed by atoms with van der Waals surface area (Å²) in [6.07, 6.45) is 1.75. The molecule has 0 atom stereocenters. The van der Waals surface area contributed by atoms with E-state index < -0.39 is 8.32 Å². The first-order valence-corrected chi connectivity index (χ1v) is 11.6. The third-order valence-corrected chi connectivity index (χ3v) is 9.61. The van der Waals surface area contributed by atoms with E-state index in [1.54, 1.807) is 0 Å². The Labute approximate surface area is 163 Å². The minimum Gasteiger partial charge on any atom is -0.424 e. The molecule has 0 radical (unpaired) electrons. The highest BCUT2D eigenvalue weighted by molar-refractivity contribution is 6.98. The van der Waals surface area contributed by atoms with Crippen LogP contribution in [0.3, 0.4) is 0 Å². The van der Waals surface area contributed by atoms with Crippen LogP contribution in [0.25, 0.3) is 0 Å². The molecule has 0 heterocycles. The van der Waals surface area contributed by atoms with Crippen molar-refractivity contribution < 1.29 is 19.4 Å². The summed E-state index contributed by atoms with van der Waals surface area (Å²) in [6.45, 7) is 6.39. The fraction of sp³-hybridized carbons (Fsp3) is 0.455. The molecule has 0 aliphatic rings. The van der Waals surface area contributed by atoms with Gasteiger partial charge in [-0.2, -0.15) is 0 Å². The van der Waals surface area contributed by atoms with Crippen LogP contribution in [-0.4, -0.2) is 51.3 Å². The molecular formula is C22H32O4Si. The Bertz CT molecular complexity index is 606. The Balaban J connectivity index is 2.04. The second-order valence-electron chi connectivity index (χ2n) is 7.38. The lowest BCUT2D eigenvalue weighted by molar-refractivity contribution is 0.0316. The average Bonchev–Trinajstić information content (AvgIpc) is 2.70. The highest BCUT2D eigenvalue weighted by Gasteiger charge is 2.49. The molecule has 2 aromatic rings. The van der Waals surface area contributed by atoms with Crippen molar-refractivity contribution in [3.63, 3.8) is 0 Å². The molecule has 0 aliphatic carbocycles. The van der Waals surface area contributed by atoms with Gasteiger partial charge in [0, 0.05) is 6.61 Å². The Kier molecular flexibility index (Phi) is 8.66. The number of aliphatic hydroxyl groups excluding tert-OH is 1. The molecule has 2 rings (SSSR count). The predicted octanol–water partition coefficient (Wildman–Crippen LogP) is 2.32. The molecule has 148 valence electrons. The summed E-state index contributed by atoms with van der Waals surface area (Å²) in [4.78, 5) is 12.0. The SMILES string of the molecule is CC(C)(CCCOCCOCCO)[Si](O)(c1ccccc1)c1ccccc1. The van der Waals surface area contributed by atoms with Crippen molar-refractivity contribution in [2.45, 2.75) is 31.7 Å². The standard InChI is InChI=1S/C22H32O4Si/c1-22(2,14-9-16-25-18-19-26-17-15-23)27(24,20-10-5-3-6-11-20)21-12-7-4-8-13-21/h3-8,10-13,23-24H,9,14-19H2,1-2H3. The smallest absolute Gasteiger partial charge is 0.258 e. The van der Waals surface area contributed by atoms with Crippen LogP contribution in [0.2, 0.25) is 5.04 Å².